The van der Waals surface area contributed by atoms with Crippen molar-refractivity contribution in [3.8, 4) is 0 Å². The predicted molar refractivity (Wildman–Crippen MR) is 67.4 cm³/mol. The van der Waals surface area contributed by atoms with E-state index in [2.05, 4.69) is 43.7 Å². The van der Waals surface area contributed by atoms with Crippen LogP contribution in [0.15, 0.2) is 12.4 Å². The summed E-state index contributed by atoms with van der Waals surface area (Å²) >= 11 is 0. The van der Waals surface area contributed by atoms with E-state index in [1.54, 1.807) is 0 Å². The summed E-state index contributed by atoms with van der Waals surface area (Å²) in [6.45, 7) is 9.17. The van der Waals surface area contributed by atoms with Gasteiger partial charge in [0.1, 0.15) is 0 Å². The Labute approximate surface area is 99.0 Å². The highest BCUT2D eigenvalue weighted by Gasteiger charge is 2.32. The highest BCUT2D eigenvalue weighted by atomic mass is 15.3. The van der Waals surface area contributed by atoms with Crippen LogP contribution in [0.2, 0.25) is 0 Å². The predicted octanol–water partition coefficient (Wildman–Crippen LogP) is 3.69. The molecule has 1 aromatic heterocycles. The van der Waals surface area contributed by atoms with E-state index < -0.39 is 0 Å². The minimum Gasteiger partial charge on any atom is -0.269 e. The Balaban J connectivity index is 1.89. The van der Waals surface area contributed by atoms with Gasteiger partial charge >= 0.3 is 0 Å². The van der Waals surface area contributed by atoms with Crippen LogP contribution in [0, 0.1) is 17.8 Å². The van der Waals surface area contributed by atoms with Crippen molar-refractivity contribution in [1.82, 2.24) is 9.78 Å². The lowest BCUT2D eigenvalue weighted by atomic mass is 9.74. The van der Waals surface area contributed by atoms with Crippen molar-refractivity contribution in [2.24, 2.45) is 17.8 Å². The van der Waals surface area contributed by atoms with Crippen molar-refractivity contribution in [2.75, 3.05) is 0 Å². The molecule has 1 saturated carbocycles. The summed E-state index contributed by atoms with van der Waals surface area (Å²) in [6.07, 6.45) is 8.09. The molecule has 90 valence electrons. The molecule has 2 rings (SSSR count). The summed E-state index contributed by atoms with van der Waals surface area (Å²) in [4.78, 5) is 0. The second-order valence-corrected chi connectivity index (χ2v) is 6.06. The Bertz CT molecular complexity index is 332. The molecule has 0 N–H and O–H groups in total. The van der Waals surface area contributed by atoms with Gasteiger partial charge in [-0.3, -0.25) is 4.68 Å². The van der Waals surface area contributed by atoms with Crippen molar-refractivity contribution in [3.63, 3.8) is 0 Å². The minimum atomic E-state index is 0.674. The molecule has 1 aliphatic carbocycles. The summed E-state index contributed by atoms with van der Waals surface area (Å²) in [5, 5.41) is 4.50. The zero-order valence-corrected chi connectivity index (χ0v) is 11.0. The van der Waals surface area contributed by atoms with Gasteiger partial charge in [-0.2, -0.15) is 5.10 Å². The largest absolute Gasteiger partial charge is 0.269 e. The van der Waals surface area contributed by atoms with E-state index in [-0.39, 0.29) is 0 Å². The van der Waals surface area contributed by atoms with Crippen LogP contribution in [0.4, 0.5) is 0 Å². The average Bonchev–Trinajstić information content (AvgIpc) is 2.48. The van der Waals surface area contributed by atoms with E-state index in [1.807, 2.05) is 6.20 Å². The molecule has 0 amide bonds. The first kappa shape index (κ1) is 11.7. The molecule has 0 spiro atoms. The first-order chi connectivity index (χ1) is 7.56. The minimum absolute atomic E-state index is 0.674. The molecule has 0 saturated heterocycles. The number of aromatic nitrogens is 2. The number of hydrogen-bond acceptors (Lipinski definition) is 1. The van der Waals surface area contributed by atoms with Gasteiger partial charge in [-0.25, -0.2) is 0 Å². The topological polar surface area (TPSA) is 17.8 Å². The average molecular weight is 220 g/mol. The lowest BCUT2D eigenvalue weighted by Gasteiger charge is -2.38. The second kappa shape index (κ2) is 4.60. The lowest BCUT2D eigenvalue weighted by molar-refractivity contribution is 0.137. The van der Waals surface area contributed by atoms with Crippen molar-refractivity contribution in [1.29, 1.82) is 0 Å². The zero-order chi connectivity index (χ0) is 11.7. The fraction of sp³-hybridized carbons (Fsp3) is 0.786. The summed E-state index contributed by atoms with van der Waals surface area (Å²) < 4.78 is 2.19. The van der Waals surface area contributed by atoms with Gasteiger partial charge in [0.05, 0.1) is 12.2 Å². The first-order valence-corrected chi connectivity index (χ1v) is 6.59. The molecule has 0 unspecified atom stereocenters. The normalized spacial score (nSPS) is 25.1. The van der Waals surface area contributed by atoms with E-state index in [0.717, 1.165) is 24.2 Å². The summed E-state index contributed by atoms with van der Waals surface area (Å²) in [7, 11) is 0. The molecule has 0 atom stereocenters. The van der Waals surface area contributed by atoms with Gasteiger partial charge in [-0.05, 0) is 42.6 Å². The number of hydrogen-bond donors (Lipinski definition) is 0. The van der Waals surface area contributed by atoms with Crippen LogP contribution in [0.1, 0.15) is 52.1 Å². The lowest BCUT2D eigenvalue weighted by Crippen LogP contribution is -2.30. The van der Waals surface area contributed by atoms with Gasteiger partial charge in [0, 0.05) is 6.20 Å². The molecule has 0 aromatic carbocycles. The SMILES string of the molecule is CC(C)Cc1cnn(C2CC(C(C)C)C2)c1. The maximum absolute atomic E-state index is 4.50. The molecule has 1 aliphatic rings. The van der Waals surface area contributed by atoms with Crippen LogP contribution in [0.25, 0.3) is 0 Å². The van der Waals surface area contributed by atoms with Gasteiger partial charge in [0.2, 0.25) is 0 Å². The van der Waals surface area contributed by atoms with Crippen molar-refractivity contribution in [3.05, 3.63) is 18.0 Å². The molecule has 0 aliphatic heterocycles. The van der Waals surface area contributed by atoms with Crippen molar-refractivity contribution < 1.29 is 0 Å². The van der Waals surface area contributed by atoms with Crippen molar-refractivity contribution in [2.45, 2.75) is 53.0 Å². The highest BCUT2D eigenvalue weighted by Crippen LogP contribution is 2.41. The van der Waals surface area contributed by atoms with Crippen molar-refractivity contribution >= 4 is 0 Å². The van der Waals surface area contributed by atoms with E-state index in [9.17, 15) is 0 Å². The van der Waals surface area contributed by atoms with Gasteiger partial charge < -0.3 is 0 Å². The fourth-order valence-electron chi connectivity index (χ4n) is 2.54. The summed E-state index contributed by atoms with van der Waals surface area (Å²) in [5.41, 5.74) is 1.39. The molecule has 1 aromatic rings. The van der Waals surface area contributed by atoms with Gasteiger partial charge in [0.25, 0.3) is 0 Å². The van der Waals surface area contributed by atoms with E-state index >= 15 is 0 Å². The van der Waals surface area contributed by atoms with Crippen LogP contribution >= 0.6 is 0 Å². The Morgan fingerprint density at radius 3 is 2.56 bits per heavy atom. The Morgan fingerprint density at radius 2 is 2.00 bits per heavy atom. The first-order valence-electron chi connectivity index (χ1n) is 6.59. The molecule has 16 heavy (non-hydrogen) atoms. The molecular weight excluding hydrogens is 196 g/mol. The van der Waals surface area contributed by atoms with Crippen LogP contribution in [-0.4, -0.2) is 9.78 Å². The van der Waals surface area contributed by atoms with Crippen LogP contribution < -0.4 is 0 Å². The smallest absolute Gasteiger partial charge is 0.0524 e. The molecule has 0 bridgehead atoms. The summed E-state index contributed by atoms with van der Waals surface area (Å²) in [5.74, 6) is 2.48. The maximum Gasteiger partial charge on any atom is 0.0524 e. The van der Waals surface area contributed by atoms with Crippen LogP contribution in [0.5, 0.6) is 0 Å². The number of nitrogens with zero attached hydrogens (tertiary/aromatic N) is 2. The molecule has 0 radical (unpaired) electrons. The fourth-order valence-corrected chi connectivity index (χ4v) is 2.54. The third kappa shape index (κ3) is 2.47. The van der Waals surface area contributed by atoms with Gasteiger partial charge in [-0.1, -0.05) is 27.7 Å². The standard InChI is InChI=1S/C14H24N2/c1-10(2)5-12-8-15-16(9-12)14-6-13(7-14)11(3)4/h8-11,13-14H,5-7H2,1-4H3. The molecule has 2 heteroatoms. The van der Waals surface area contributed by atoms with Crippen LogP contribution in [-0.2, 0) is 6.42 Å². The van der Waals surface area contributed by atoms with E-state index in [4.69, 9.17) is 0 Å². The highest BCUT2D eigenvalue weighted by molar-refractivity contribution is 5.06. The van der Waals surface area contributed by atoms with Gasteiger partial charge in [0.15, 0.2) is 0 Å². The maximum atomic E-state index is 4.50. The number of rotatable bonds is 4. The Morgan fingerprint density at radius 1 is 1.31 bits per heavy atom. The van der Waals surface area contributed by atoms with E-state index in [1.165, 1.54) is 18.4 Å². The van der Waals surface area contributed by atoms with Gasteiger partial charge in [-0.15, -0.1) is 0 Å². The molecule has 1 heterocycles. The molecule has 2 nitrogen and oxygen atoms in total. The third-order valence-corrected chi connectivity index (χ3v) is 3.77. The quantitative estimate of drug-likeness (QED) is 0.756. The van der Waals surface area contributed by atoms with Crippen LogP contribution in [0.3, 0.4) is 0 Å². The second-order valence-electron chi connectivity index (χ2n) is 6.06. The monoisotopic (exact) mass is 220 g/mol. The molecule has 1 fully saturated rings. The Kier molecular flexibility index (Phi) is 3.36. The molecular formula is C14H24N2. The summed E-state index contributed by atoms with van der Waals surface area (Å²) in [6, 6.07) is 0.674. The van der Waals surface area contributed by atoms with E-state index in [0.29, 0.717) is 6.04 Å². The third-order valence-electron chi connectivity index (χ3n) is 3.77. The zero-order valence-electron chi connectivity index (χ0n) is 11.0. The Hall–Kier alpha value is -0.790.